The highest BCUT2D eigenvalue weighted by atomic mass is 16.5. The average Bonchev–Trinajstić information content (AvgIpc) is 2.37. The number of carboxylic acids is 1. The molecule has 0 saturated heterocycles. The minimum atomic E-state index is -1.83. The van der Waals surface area contributed by atoms with Gasteiger partial charge >= 0.3 is 11.9 Å². The van der Waals surface area contributed by atoms with Crippen LogP contribution >= 0.6 is 0 Å². The second-order valence-corrected chi connectivity index (χ2v) is 4.18. The van der Waals surface area contributed by atoms with Crippen molar-refractivity contribution in [2.24, 2.45) is 0 Å². The topological polar surface area (TPSA) is 63.6 Å². The molecule has 0 aliphatic carbocycles. The van der Waals surface area contributed by atoms with Gasteiger partial charge in [0.2, 0.25) is 5.41 Å². The van der Waals surface area contributed by atoms with Gasteiger partial charge in [-0.25, -0.2) is 0 Å². The van der Waals surface area contributed by atoms with Crippen LogP contribution in [0.25, 0.3) is 0 Å². The first-order valence-corrected chi connectivity index (χ1v) is 5.90. The Bertz CT molecular complexity index is 510. The predicted molar refractivity (Wildman–Crippen MR) is 70.6 cm³/mol. The molecular formula is C15H16O4. The van der Waals surface area contributed by atoms with Crippen molar-refractivity contribution in [1.29, 1.82) is 0 Å². The highest BCUT2D eigenvalue weighted by Crippen LogP contribution is 2.30. The van der Waals surface area contributed by atoms with E-state index in [-0.39, 0.29) is 13.0 Å². The molecule has 1 N–H and O–H groups in total. The molecule has 0 radical (unpaired) electrons. The van der Waals surface area contributed by atoms with E-state index in [0.29, 0.717) is 5.56 Å². The molecule has 0 amide bonds. The molecule has 0 bridgehead atoms. The molecule has 0 aromatic heterocycles. The molecule has 1 aromatic rings. The van der Waals surface area contributed by atoms with E-state index in [1.807, 2.05) is 6.92 Å². The Balaban J connectivity index is 3.39. The first-order valence-electron chi connectivity index (χ1n) is 5.90. The Morgan fingerprint density at radius 1 is 1.37 bits per heavy atom. The van der Waals surface area contributed by atoms with Gasteiger partial charge in [0, 0.05) is 6.42 Å². The van der Waals surface area contributed by atoms with Crippen LogP contribution in [0.1, 0.15) is 24.5 Å². The summed E-state index contributed by atoms with van der Waals surface area (Å²) in [7, 11) is 0. The van der Waals surface area contributed by atoms with E-state index in [1.165, 1.54) is 0 Å². The predicted octanol–water partition coefficient (Wildman–Crippen LogP) is 1.90. The highest BCUT2D eigenvalue weighted by Gasteiger charge is 2.48. The van der Waals surface area contributed by atoms with Gasteiger partial charge in [-0.1, -0.05) is 29.8 Å². The zero-order valence-electron chi connectivity index (χ0n) is 11.0. The molecule has 0 spiro atoms. The van der Waals surface area contributed by atoms with Gasteiger partial charge in [0.1, 0.15) is 0 Å². The molecule has 1 unspecified atom stereocenters. The first kappa shape index (κ1) is 14.8. The maximum atomic E-state index is 12.1. The highest BCUT2D eigenvalue weighted by molar-refractivity contribution is 6.05. The van der Waals surface area contributed by atoms with Gasteiger partial charge in [-0.2, -0.15) is 0 Å². The number of carboxylic acid groups (broad SMARTS) is 1. The third-order valence-electron chi connectivity index (χ3n) is 2.90. The van der Waals surface area contributed by atoms with Gasteiger partial charge < -0.3 is 9.84 Å². The van der Waals surface area contributed by atoms with Crippen molar-refractivity contribution in [3.05, 3.63) is 35.4 Å². The summed E-state index contributed by atoms with van der Waals surface area (Å²) in [6, 6.07) is 6.67. The zero-order valence-corrected chi connectivity index (χ0v) is 11.0. The lowest BCUT2D eigenvalue weighted by atomic mass is 9.77. The maximum absolute atomic E-state index is 12.1. The monoisotopic (exact) mass is 260 g/mol. The molecule has 4 nitrogen and oxygen atoms in total. The number of hydrogen-bond donors (Lipinski definition) is 1. The summed E-state index contributed by atoms with van der Waals surface area (Å²) in [5.41, 5.74) is -0.534. The molecule has 19 heavy (non-hydrogen) atoms. The largest absolute Gasteiger partial charge is 0.480 e. The Kier molecular flexibility index (Phi) is 4.71. The fraction of sp³-hybridized carbons (Fsp3) is 0.333. The zero-order chi connectivity index (χ0) is 14.5. The van der Waals surface area contributed by atoms with Crippen molar-refractivity contribution in [1.82, 2.24) is 0 Å². The summed E-state index contributed by atoms with van der Waals surface area (Å²) in [4.78, 5) is 23.7. The van der Waals surface area contributed by atoms with Crippen molar-refractivity contribution in [2.45, 2.75) is 25.7 Å². The molecule has 1 atom stereocenters. The lowest BCUT2D eigenvalue weighted by Gasteiger charge is -2.25. The van der Waals surface area contributed by atoms with E-state index >= 15 is 0 Å². The van der Waals surface area contributed by atoms with Crippen molar-refractivity contribution in [3.63, 3.8) is 0 Å². The number of rotatable bonds is 5. The smallest absolute Gasteiger partial charge is 0.329 e. The normalized spacial score (nSPS) is 13.1. The minimum absolute atomic E-state index is 0.101. The molecule has 1 rings (SSSR count). The third-order valence-corrected chi connectivity index (χ3v) is 2.90. The van der Waals surface area contributed by atoms with Gasteiger partial charge in [-0.05, 0) is 19.4 Å². The van der Waals surface area contributed by atoms with E-state index in [1.54, 1.807) is 31.2 Å². The number of esters is 1. The van der Waals surface area contributed by atoms with Crippen LogP contribution in [0.2, 0.25) is 0 Å². The summed E-state index contributed by atoms with van der Waals surface area (Å²) in [6.07, 6.45) is 4.99. The number of ether oxygens (including phenoxy) is 1. The van der Waals surface area contributed by atoms with E-state index in [0.717, 1.165) is 5.56 Å². The number of carbonyl (C=O) groups is 2. The van der Waals surface area contributed by atoms with Gasteiger partial charge in [0.15, 0.2) is 0 Å². The second-order valence-electron chi connectivity index (χ2n) is 4.18. The second kappa shape index (κ2) is 6.05. The fourth-order valence-corrected chi connectivity index (χ4v) is 1.82. The summed E-state index contributed by atoms with van der Waals surface area (Å²) in [5, 5.41) is 9.48. The van der Waals surface area contributed by atoms with Gasteiger partial charge in [0.05, 0.1) is 6.61 Å². The molecule has 0 aliphatic rings. The van der Waals surface area contributed by atoms with Crippen LogP contribution in [0.3, 0.4) is 0 Å². The van der Waals surface area contributed by atoms with Crippen LogP contribution in [-0.2, 0) is 19.7 Å². The first-order chi connectivity index (χ1) is 8.98. The van der Waals surface area contributed by atoms with Crippen molar-refractivity contribution in [2.75, 3.05) is 6.61 Å². The minimum Gasteiger partial charge on any atom is -0.480 e. The van der Waals surface area contributed by atoms with Crippen LogP contribution in [0.4, 0.5) is 0 Å². The number of hydrogen-bond acceptors (Lipinski definition) is 3. The lowest BCUT2D eigenvalue weighted by Crippen LogP contribution is -2.44. The van der Waals surface area contributed by atoms with Crippen LogP contribution in [0.15, 0.2) is 24.3 Å². The number of carbonyl (C=O) groups excluding carboxylic acids is 1. The van der Waals surface area contributed by atoms with Gasteiger partial charge in [-0.15, -0.1) is 12.3 Å². The third kappa shape index (κ3) is 2.76. The Morgan fingerprint density at radius 3 is 2.37 bits per heavy atom. The standard InChI is InChI=1S/C15H16O4/c1-4-10-15(13(16)17,14(18)19-5-2)12-8-6-11(3)7-9-12/h1,6-9H,5,10H2,2-3H3,(H,16,17). The number of terminal acetylenes is 1. The fourth-order valence-electron chi connectivity index (χ4n) is 1.82. The molecule has 0 fully saturated rings. The van der Waals surface area contributed by atoms with E-state index in [2.05, 4.69) is 5.92 Å². The SMILES string of the molecule is C#CCC(C(=O)O)(C(=O)OCC)c1ccc(C)cc1. The maximum Gasteiger partial charge on any atom is 0.329 e. The Labute approximate surface area is 112 Å². The molecule has 0 heterocycles. The molecule has 1 aromatic carbocycles. The summed E-state index contributed by atoms with van der Waals surface area (Å²) >= 11 is 0. The number of aryl methyl sites for hydroxylation is 1. The molecule has 0 aliphatic heterocycles. The Morgan fingerprint density at radius 2 is 1.95 bits per heavy atom. The van der Waals surface area contributed by atoms with Gasteiger partial charge in [-0.3, -0.25) is 9.59 Å². The van der Waals surface area contributed by atoms with E-state index in [9.17, 15) is 14.7 Å². The van der Waals surface area contributed by atoms with Gasteiger partial charge in [0.25, 0.3) is 0 Å². The summed E-state index contributed by atoms with van der Waals surface area (Å²) in [6.45, 7) is 3.59. The quantitative estimate of drug-likeness (QED) is 0.499. The van der Waals surface area contributed by atoms with Crippen LogP contribution < -0.4 is 0 Å². The average molecular weight is 260 g/mol. The van der Waals surface area contributed by atoms with Crippen molar-refractivity contribution >= 4 is 11.9 Å². The van der Waals surface area contributed by atoms with Crippen molar-refractivity contribution < 1.29 is 19.4 Å². The van der Waals surface area contributed by atoms with Crippen LogP contribution in [0.5, 0.6) is 0 Å². The number of benzene rings is 1. The lowest BCUT2D eigenvalue weighted by molar-refractivity contribution is -0.161. The molecule has 4 heteroatoms. The Hall–Kier alpha value is -2.28. The van der Waals surface area contributed by atoms with E-state index < -0.39 is 17.4 Å². The number of aliphatic carboxylic acids is 1. The van der Waals surface area contributed by atoms with Crippen LogP contribution in [0, 0.1) is 19.3 Å². The van der Waals surface area contributed by atoms with Crippen LogP contribution in [-0.4, -0.2) is 23.7 Å². The van der Waals surface area contributed by atoms with Crippen molar-refractivity contribution in [3.8, 4) is 12.3 Å². The molecule has 0 saturated carbocycles. The summed E-state index contributed by atoms with van der Waals surface area (Å²) < 4.78 is 4.89. The van der Waals surface area contributed by atoms with E-state index in [4.69, 9.17) is 11.2 Å². The molecule has 100 valence electrons. The summed E-state index contributed by atoms with van der Waals surface area (Å²) in [5.74, 6) is 0.133. The molecular weight excluding hydrogens is 244 g/mol.